The minimum Gasteiger partial charge on any atom is -0.482 e. The number of para-hydroxylation sites is 4. The fourth-order valence-electron chi connectivity index (χ4n) is 4.56. The van der Waals surface area contributed by atoms with Crippen molar-refractivity contribution >= 4 is 16.9 Å². The van der Waals surface area contributed by atoms with E-state index in [4.69, 9.17) is 14.5 Å². The van der Waals surface area contributed by atoms with Gasteiger partial charge in [-0.1, -0.05) is 24.3 Å². The summed E-state index contributed by atoms with van der Waals surface area (Å²) >= 11 is 0. The van der Waals surface area contributed by atoms with Crippen LogP contribution >= 0.6 is 0 Å². The first-order chi connectivity index (χ1) is 14.7. The van der Waals surface area contributed by atoms with E-state index in [1.165, 1.54) is 0 Å². The molecule has 2 heterocycles. The first kappa shape index (κ1) is 19.0. The largest absolute Gasteiger partial charge is 0.482 e. The van der Waals surface area contributed by atoms with Gasteiger partial charge < -0.3 is 19.8 Å². The molecule has 1 saturated carbocycles. The average molecular weight is 405 g/mol. The van der Waals surface area contributed by atoms with Gasteiger partial charge in [0.05, 0.1) is 11.0 Å². The van der Waals surface area contributed by atoms with Crippen molar-refractivity contribution in [2.45, 2.75) is 50.7 Å². The van der Waals surface area contributed by atoms with E-state index in [0.717, 1.165) is 42.5 Å². The first-order valence-electron chi connectivity index (χ1n) is 10.8. The van der Waals surface area contributed by atoms with Gasteiger partial charge >= 0.3 is 0 Å². The summed E-state index contributed by atoms with van der Waals surface area (Å²) in [6.07, 6.45) is 3.42. The highest BCUT2D eigenvalue weighted by atomic mass is 16.6. The van der Waals surface area contributed by atoms with E-state index in [-0.39, 0.29) is 12.0 Å². The molecule has 156 valence electrons. The van der Waals surface area contributed by atoms with Gasteiger partial charge in [0.1, 0.15) is 11.9 Å². The normalized spacial score (nSPS) is 25.8. The third kappa shape index (κ3) is 3.74. The molecule has 1 aromatic heterocycles. The summed E-state index contributed by atoms with van der Waals surface area (Å²) in [5.41, 5.74) is 2.14. The minimum atomic E-state index is -0.619. The molecule has 6 nitrogen and oxygen atoms in total. The molecule has 2 aliphatic rings. The third-order valence-electron chi connectivity index (χ3n) is 6.31. The summed E-state index contributed by atoms with van der Waals surface area (Å²) in [7, 11) is 0. The Bertz CT molecular complexity index is 1010. The lowest BCUT2D eigenvalue weighted by Gasteiger charge is -2.32. The maximum Gasteiger partial charge on any atom is 0.265 e. The van der Waals surface area contributed by atoms with Crippen LogP contribution in [-0.2, 0) is 4.79 Å². The molecule has 2 N–H and O–H groups in total. The number of aromatic amines is 1. The van der Waals surface area contributed by atoms with Crippen molar-refractivity contribution in [3.05, 3.63) is 54.4 Å². The molecular formula is C24H27N3O3. The molecule has 30 heavy (non-hydrogen) atoms. The Morgan fingerprint density at radius 2 is 1.73 bits per heavy atom. The number of aromatic nitrogens is 2. The maximum atomic E-state index is 12.7. The summed E-state index contributed by atoms with van der Waals surface area (Å²) < 4.78 is 11.7. The average Bonchev–Trinajstić information content (AvgIpc) is 3.21. The number of ether oxygens (including phenoxy) is 2. The van der Waals surface area contributed by atoms with Crippen LogP contribution in [0.1, 0.15) is 44.3 Å². The molecule has 2 aromatic carbocycles. The van der Waals surface area contributed by atoms with Gasteiger partial charge in [0.25, 0.3) is 5.91 Å². The lowest BCUT2D eigenvalue weighted by Crippen LogP contribution is -2.50. The van der Waals surface area contributed by atoms with Gasteiger partial charge in [-0.2, -0.15) is 0 Å². The number of benzene rings is 2. The lowest BCUT2D eigenvalue weighted by atomic mass is 9.81. The Kier molecular flexibility index (Phi) is 5.07. The van der Waals surface area contributed by atoms with Crippen molar-refractivity contribution in [3.8, 4) is 11.5 Å². The molecule has 0 unspecified atom stereocenters. The van der Waals surface area contributed by atoms with Crippen molar-refractivity contribution in [2.75, 3.05) is 6.54 Å². The van der Waals surface area contributed by atoms with Crippen LogP contribution in [-0.4, -0.2) is 34.6 Å². The highest BCUT2D eigenvalue weighted by molar-refractivity contribution is 5.82. The number of nitrogens with zero attached hydrogens (tertiary/aromatic N) is 1. The number of carbonyl (C=O) groups excluding carboxylic acids is 1. The second-order valence-electron chi connectivity index (χ2n) is 8.41. The van der Waals surface area contributed by atoms with Crippen LogP contribution in [0.15, 0.2) is 48.5 Å². The predicted octanol–water partition coefficient (Wildman–Crippen LogP) is 4.18. The SMILES string of the molecule is C[C@@H]1Oc2ccccc2O[C@@H]1C(=O)NCC1CCC(c2nc3ccccc3[nH]2)CC1. The van der Waals surface area contributed by atoms with Crippen molar-refractivity contribution < 1.29 is 14.3 Å². The Hall–Kier alpha value is -3.02. The number of carbonyl (C=O) groups is 1. The van der Waals surface area contributed by atoms with E-state index in [1.807, 2.05) is 49.4 Å². The Labute approximate surface area is 176 Å². The highest BCUT2D eigenvalue weighted by Gasteiger charge is 2.34. The zero-order valence-electron chi connectivity index (χ0n) is 17.1. The molecule has 0 bridgehead atoms. The van der Waals surface area contributed by atoms with Crippen LogP contribution in [0, 0.1) is 5.92 Å². The number of hydrogen-bond acceptors (Lipinski definition) is 4. The first-order valence-corrected chi connectivity index (χ1v) is 10.8. The molecule has 3 aromatic rings. The van der Waals surface area contributed by atoms with Crippen LogP contribution in [0.4, 0.5) is 0 Å². The van der Waals surface area contributed by atoms with E-state index in [0.29, 0.717) is 29.9 Å². The van der Waals surface area contributed by atoms with Crippen LogP contribution in [0.2, 0.25) is 0 Å². The minimum absolute atomic E-state index is 0.101. The Morgan fingerprint density at radius 1 is 1.03 bits per heavy atom. The molecule has 1 aliphatic heterocycles. The van der Waals surface area contributed by atoms with Gasteiger partial charge in [-0.3, -0.25) is 4.79 Å². The van der Waals surface area contributed by atoms with E-state index in [9.17, 15) is 4.79 Å². The lowest BCUT2D eigenvalue weighted by molar-refractivity contribution is -0.133. The summed E-state index contributed by atoms with van der Waals surface area (Å²) in [6, 6.07) is 15.7. The van der Waals surface area contributed by atoms with Gasteiger partial charge in [-0.25, -0.2) is 4.98 Å². The fourth-order valence-corrected chi connectivity index (χ4v) is 4.56. The number of nitrogens with one attached hydrogen (secondary N) is 2. The van der Waals surface area contributed by atoms with Crippen LogP contribution in [0.5, 0.6) is 11.5 Å². The van der Waals surface area contributed by atoms with E-state index < -0.39 is 6.10 Å². The summed E-state index contributed by atoms with van der Waals surface area (Å²) in [5, 5.41) is 3.09. The van der Waals surface area contributed by atoms with Gasteiger partial charge in [-0.15, -0.1) is 0 Å². The molecule has 0 saturated heterocycles. The van der Waals surface area contributed by atoms with Crippen LogP contribution in [0.25, 0.3) is 11.0 Å². The Morgan fingerprint density at radius 3 is 2.50 bits per heavy atom. The summed E-state index contributed by atoms with van der Waals surface area (Å²) in [5.74, 6) is 3.27. The molecule has 0 radical (unpaired) electrons. The van der Waals surface area contributed by atoms with Crippen molar-refractivity contribution in [1.82, 2.24) is 15.3 Å². The van der Waals surface area contributed by atoms with Gasteiger partial charge in [-0.05, 0) is 62.8 Å². The summed E-state index contributed by atoms with van der Waals surface area (Å²) in [4.78, 5) is 21.0. The van der Waals surface area contributed by atoms with E-state index >= 15 is 0 Å². The number of rotatable bonds is 4. The van der Waals surface area contributed by atoms with Crippen molar-refractivity contribution in [3.63, 3.8) is 0 Å². The van der Waals surface area contributed by atoms with Gasteiger partial charge in [0.15, 0.2) is 11.5 Å². The second kappa shape index (κ2) is 8.01. The molecule has 2 atom stereocenters. The summed E-state index contributed by atoms with van der Waals surface area (Å²) in [6.45, 7) is 2.55. The second-order valence-corrected chi connectivity index (χ2v) is 8.41. The molecule has 1 amide bonds. The van der Waals surface area contributed by atoms with Crippen LogP contribution in [0.3, 0.4) is 0 Å². The van der Waals surface area contributed by atoms with Gasteiger partial charge in [0.2, 0.25) is 6.10 Å². The monoisotopic (exact) mass is 405 g/mol. The number of hydrogen-bond donors (Lipinski definition) is 2. The molecule has 0 spiro atoms. The molecular weight excluding hydrogens is 378 g/mol. The number of amides is 1. The molecule has 1 fully saturated rings. The smallest absolute Gasteiger partial charge is 0.265 e. The fraction of sp³-hybridized carbons (Fsp3) is 0.417. The third-order valence-corrected chi connectivity index (χ3v) is 6.31. The molecule has 1 aliphatic carbocycles. The zero-order valence-corrected chi connectivity index (χ0v) is 17.1. The van der Waals surface area contributed by atoms with Crippen molar-refractivity contribution in [1.29, 1.82) is 0 Å². The van der Waals surface area contributed by atoms with E-state index in [2.05, 4.69) is 16.4 Å². The number of fused-ring (bicyclic) bond motifs is 2. The zero-order chi connectivity index (χ0) is 20.5. The Balaban J connectivity index is 1.13. The molecule has 5 rings (SSSR count). The predicted molar refractivity (Wildman–Crippen MR) is 115 cm³/mol. The van der Waals surface area contributed by atoms with Crippen molar-refractivity contribution in [2.24, 2.45) is 5.92 Å². The highest BCUT2D eigenvalue weighted by Crippen LogP contribution is 2.36. The number of imidazole rings is 1. The van der Waals surface area contributed by atoms with E-state index in [1.54, 1.807) is 0 Å². The quantitative estimate of drug-likeness (QED) is 0.683. The topological polar surface area (TPSA) is 76.2 Å². The standard InChI is InChI=1S/C24H27N3O3/c1-15-22(30-21-9-5-4-8-20(21)29-15)24(28)25-14-16-10-12-17(13-11-16)23-26-18-6-2-3-7-19(18)27-23/h2-9,15-17,22H,10-14H2,1H3,(H,25,28)(H,26,27)/t15-,16?,17?,22-/m0/s1. The van der Waals surface area contributed by atoms with Gasteiger partial charge in [0, 0.05) is 12.5 Å². The number of H-pyrrole nitrogens is 1. The van der Waals surface area contributed by atoms with Crippen LogP contribution < -0.4 is 14.8 Å². The maximum absolute atomic E-state index is 12.7. The molecule has 6 heteroatoms.